The molecule has 0 heterocycles. The van der Waals surface area contributed by atoms with Gasteiger partial charge in [-0.25, -0.2) is 0 Å². The van der Waals surface area contributed by atoms with Gasteiger partial charge in [-0.3, -0.25) is 4.79 Å². The summed E-state index contributed by atoms with van der Waals surface area (Å²) >= 11 is 4.79. The van der Waals surface area contributed by atoms with E-state index in [2.05, 4.69) is 5.32 Å². The van der Waals surface area contributed by atoms with Crippen LogP contribution in [0, 0.1) is 6.92 Å². The van der Waals surface area contributed by atoms with Gasteiger partial charge in [0.25, 0.3) is 5.91 Å². The molecule has 86 valence electrons. The van der Waals surface area contributed by atoms with Crippen molar-refractivity contribution in [1.82, 2.24) is 5.32 Å². The number of nitrogens with one attached hydrogen (secondary N) is 1. The number of benzene rings is 1. The molecule has 1 atom stereocenters. The standard InChI is InChI=1S/C12H16N2OS/c1-8-4-3-5-10(6-8)12(15)14-9(2)7-11(13)16/h3-6,9H,7H2,1-2H3,(H2,13,16)(H,14,15). The number of carbonyl (C=O) groups excluding carboxylic acids is 1. The Balaban J connectivity index is 2.62. The molecule has 0 aliphatic rings. The average Bonchev–Trinajstić information content (AvgIpc) is 2.16. The highest BCUT2D eigenvalue weighted by Crippen LogP contribution is 2.04. The summed E-state index contributed by atoms with van der Waals surface area (Å²) < 4.78 is 0. The largest absolute Gasteiger partial charge is 0.393 e. The molecule has 1 rings (SSSR count). The van der Waals surface area contributed by atoms with Crippen LogP contribution in [0.1, 0.15) is 29.3 Å². The molecule has 0 radical (unpaired) electrons. The molecule has 0 aliphatic carbocycles. The molecule has 3 nitrogen and oxygen atoms in total. The second-order valence-electron chi connectivity index (χ2n) is 3.91. The molecular weight excluding hydrogens is 220 g/mol. The topological polar surface area (TPSA) is 55.1 Å². The Kier molecular flexibility index (Phi) is 4.43. The highest BCUT2D eigenvalue weighted by molar-refractivity contribution is 7.80. The molecule has 1 aromatic carbocycles. The summed E-state index contributed by atoms with van der Waals surface area (Å²) in [5.41, 5.74) is 7.14. The maximum Gasteiger partial charge on any atom is 0.251 e. The van der Waals surface area contributed by atoms with Gasteiger partial charge in [-0.05, 0) is 26.0 Å². The Morgan fingerprint density at radius 1 is 1.56 bits per heavy atom. The van der Waals surface area contributed by atoms with Gasteiger partial charge < -0.3 is 11.1 Å². The fraction of sp³-hybridized carbons (Fsp3) is 0.333. The van der Waals surface area contributed by atoms with E-state index in [4.69, 9.17) is 18.0 Å². The number of nitrogens with two attached hydrogens (primary N) is 1. The second-order valence-corrected chi connectivity index (χ2v) is 4.44. The van der Waals surface area contributed by atoms with E-state index in [1.807, 2.05) is 32.0 Å². The first kappa shape index (κ1) is 12.6. The maximum absolute atomic E-state index is 11.8. The zero-order valence-electron chi connectivity index (χ0n) is 9.49. The summed E-state index contributed by atoms with van der Waals surface area (Å²) in [5, 5.41) is 2.85. The van der Waals surface area contributed by atoms with Gasteiger partial charge >= 0.3 is 0 Å². The van der Waals surface area contributed by atoms with E-state index in [0.29, 0.717) is 17.0 Å². The Morgan fingerprint density at radius 3 is 2.81 bits per heavy atom. The normalized spacial score (nSPS) is 11.9. The van der Waals surface area contributed by atoms with Gasteiger partial charge in [0.15, 0.2) is 0 Å². The Bertz CT molecular complexity index is 404. The Labute approximate surface area is 101 Å². The van der Waals surface area contributed by atoms with Crippen molar-refractivity contribution in [1.29, 1.82) is 0 Å². The van der Waals surface area contributed by atoms with Gasteiger partial charge in [-0.15, -0.1) is 0 Å². The molecule has 0 fully saturated rings. The number of aryl methyl sites for hydroxylation is 1. The predicted octanol–water partition coefficient (Wildman–Crippen LogP) is 1.79. The highest BCUT2D eigenvalue weighted by Gasteiger charge is 2.10. The third kappa shape index (κ3) is 3.98. The fourth-order valence-corrected chi connectivity index (χ4v) is 1.70. The summed E-state index contributed by atoms with van der Waals surface area (Å²) in [6, 6.07) is 7.42. The van der Waals surface area contributed by atoms with E-state index >= 15 is 0 Å². The fourth-order valence-electron chi connectivity index (χ4n) is 1.45. The molecule has 1 amide bonds. The van der Waals surface area contributed by atoms with Crippen molar-refractivity contribution in [2.75, 3.05) is 0 Å². The molecule has 0 spiro atoms. The summed E-state index contributed by atoms with van der Waals surface area (Å²) in [7, 11) is 0. The number of carbonyl (C=O) groups is 1. The van der Waals surface area contributed by atoms with Gasteiger partial charge in [-0.1, -0.05) is 29.9 Å². The smallest absolute Gasteiger partial charge is 0.251 e. The van der Waals surface area contributed by atoms with Crippen LogP contribution < -0.4 is 11.1 Å². The van der Waals surface area contributed by atoms with E-state index in [0.717, 1.165) is 5.56 Å². The maximum atomic E-state index is 11.8. The number of hydrogen-bond acceptors (Lipinski definition) is 2. The highest BCUT2D eigenvalue weighted by atomic mass is 32.1. The summed E-state index contributed by atoms with van der Waals surface area (Å²) in [5.74, 6) is -0.0903. The van der Waals surface area contributed by atoms with E-state index in [-0.39, 0.29) is 11.9 Å². The van der Waals surface area contributed by atoms with Crippen molar-refractivity contribution < 1.29 is 4.79 Å². The molecule has 0 aromatic heterocycles. The lowest BCUT2D eigenvalue weighted by Gasteiger charge is -2.13. The van der Waals surface area contributed by atoms with Crippen molar-refractivity contribution in [2.45, 2.75) is 26.3 Å². The molecule has 0 saturated heterocycles. The zero-order chi connectivity index (χ0) is 12.1. The molecule has 1 unspecified atom stereocenters. The van der Waals surface area contributed by atoms with Crippen molar-refractivity contribution in [3.05, 3.63) is 35.4 Å². The van der Waals surface area contributed by atoms with Crippen LogP contribution in [0.15, 0.2) is 24.3 Å². The number of rotatable bonds is 4. The third-order valence-electron chi connectivity index (χ3n) is 2.17. The number of hydrogen-bond donors (Lipinski definition) is 2. The lowest BCUT2D eigenvalue weighted by Crippen LogP contribution is -2.35. The Morgan fingerprint density at radius 2 is 2.25 bits per heavy atom. The second kappa shape index (κ2) is 5.61. The molecule has 3 N–H and O–H groups in total. The molecule has 4 heteroatoms. The number of amides is 1. The molecule has 0 aliphatic heterocycles. The minimum Gasteiger partial charge on any atom is -0.393 e. The van der Waals surface area contributed by atoms with Gasteiger partial charge in [0.05, 0.1) is 4.99 Å². The van der Waals surface area contributed by atoms with Gasteiger partial charge in [0, 0.05) is 18.0 Å². The number of thiocarbonyl (C=S) groups is 1. The van der Waals surface area contributed by atoms with Crippen LogP contribution in [0.5, 0.6) is 0 Å². The van der Waals surface area contributed by atoms with Crippen LogP contribution in [0.4, 0.5) is 0 Å². The van der Waals surface area contributed by atoms with E-state index < -0.39 is 0 Å². The third-order valence-corrected chi connectivity index (χ3v) is 2.33. The minimum atomic E-state index is -0.0903. The summed E-state index contributed by atoms with van der Waals surface area (Å²) in [6.07, 6.45) is 0.521. The molecule has 0 bridgehead atoms. The van der Waals surface area contributed by atoms with Crippen LogP contribution in [0.25, 0.3) is 0 Å². The van der Waals surface area contributed by atoms with Crippen molar-refractivity contribution >= 4 is 23.1 Å². The molecule has 1 aromatic rings. The average molecular weight is 236 g/mol. The predicted molar refractivity (Wildman–Crippen MR) is 69.5 cm³/mol. The zero-order valence-corrected chi connectivity index (χ0v) is 10.3. The van der Waals surface area contributed by atoms with Crippen LogP contribution in [-0.4, -0.2) is 16.9 Å². The van der Waals surface area contributed by atoms with Crippen LogP contribution in [0.3, 0.4) is 0 Å². The van der Waals surface area contributed by atoms with Gasteiger partial charge in [0.2, 0.25) is 0 Å². The van der Waals surface area contributed by atoms with Crippen LogP contribution >= 0.6 is 12.2 Å². The van der Waals surface area contributed by atoms with Crippen molar-refractivity contribution in [2.24, 2.45) is 5.73 Å². The van der Waals surface area contributed by atoms with Crippen LogP contribution in [-0.2, 0) is 0 Å². The van der Waals surface area contributed by atoms with E-state index in [9.17, 15) is 4.79 Å². The van der Waals surface area contributed by atoms with Gasteiger partial charge in [-0.2, -0.15) is 0 Å². The first-order valence-corrected chi connectivity index (χ1v) is 5.55. The Hall–Kier alpha value is -1.42. The van der Waals surface area contributed by atoms with E-state index in [1.54, 1.807) is 6.07 Å². The summed E-state index contributed by atoms with van der Waals surface area (Å²) in [4.78, 5) is 12.2. The van der Waals surface area contributed by atoms with Crippen LogP contribution in [0.2, 0.25) is 0 Å². The quantitative estimate of drug-likeness (QED) is 0.784. The first-order chi connectivity index (χ1) is 7.49. The lowest BCUT2D eigenvalue weighted by molar-refractivity contribution is 0.0941. The first-order valence-electron chi connectivity index (χ1n) is 5.15. The van der Waals surface area contributed by atoms with Crippen molar-refractivity contribution in [3.63, 3.8) is 0 Å². The molecule has 16 heavy (non-hydrogen) atoms. The monoisotopic (exact) mass is 236 g/mol. The lowest BCUT2D eigenvalue weighted by atomic mass is 10.1. The van der Waals surface area contributed by atoms with E-state index in [1.165, 1.54) is 0 Å². The summed E-state index contributed by atoms with van der Waals surface area (Å²) in [6.45, 7) is 3.84. The van der Waals surface area contributed by atoms with Crippen molar-refractivity contribution in [3.8, 4) is 0 Å². The SMILES string of the molecule is Cc1cccc(C(=O)NC(C)CC(N)=S)c1. The molecule has 0 saturated carbocycles. The molecular formula is C12H16N2OS. The van der Waals surface area contributed by atoms with Gasteiger partial charge in [0.1, 0.15) is 0 Å². The minimum absolute atomic E-state index is 0.0366.